The van der Waals surface area contributed by atoms with Gasteiger partial charge >= 0.3 is 0 Å². The van der Waals surface area contributed by atoms with Gasteiger partial charge in [0.05, 0.1) is 6.54 Å². The second kappa shape index (κ2) is 7.31. The Morgan fingerprint density at radius 1 is 1.35 bits per heavy atom. The number of carbonyl (C=O) groups excluding carboxylic acids is 4. The molecule has 2 N–H and O–H groups in total. The first-order chi connectivity index (χ1) is 12.3. The summed E-state index contributed by atoms with van der Waals surface area (Å²) in [6, 6.07) is 2.82. The topological polar surface area (TPSA) is 98.8 Å². The van der Waals surface area contributed by atoms with Crippen LogP contribution in [0.1, 0.15) is 28.8 Å². The van der Waals surface area contributed by atoms with Crippen molar-refractivity contribution < 1.29 is 19.2 Å². The molecule has 1 fully saturated rings. The summed E-state index contributed by atoms with van der Waals surface area (Å²) < 4.78 is 0.850. The summed E-state index contributed by atoms with van der Waals surface area (Å²) >= 11 is 2.13. The number of benzene rings is 1. The molecule has 9 heteroatoms. The molecule has 3 rings (SSSR count). The van der Waals surface area contributed by atoms with Gasteiger partial charge in [0.25, 0.3) is 5.91 Å². The van der Waals surface area contributed by atoms with Gasteiger partial charge in [-0.2, -0.15) is 0 Å². The minimum absolute atomic E-state index is 0.168. The highest BCUT2D eigenvalue weighted by molar-refractivity contribution is 14.1. The van der Waals surface area contributed by atoms with Crippen LogP contribution in [0.4, 0.5) is 5.69 Å². The van der Waals surface area contributed by atoms with Crippen molar-refractivity contribution in [2.45, 2.75) is 25.4 Å². The second-order valence-electron chi connectivity index (χ2n) is 6.67. The van der Waals surface area contributed by atoms with E-state index in [0.29, 0.717) is 24.2 Å². The SMILES string of the molecule is CN(C)CC(=O)Nc1cc(I)c2c(c1)C(=O)N(C1CCC(=O)NC1=O)C2. The van der Waals surface area contributed by atoms with Gasteiger partial charge < -0.3 is 15.1 Å². The van der Waals surface area contributed by atoms with Crippen LogP contribution in [0, 0.1) is 3.57 Å². The molecular formula is C17H19IN4O4. The molecule has 0 aliphatic carbocycles. The molecule has 0 aromatic heterocycles. The lowest BCUT2D eigenvalue weighted by molar-refractivity contribution is -0.137. The smallest absolute Gasteiger partial charge is 0.255 e. The van der Waals surface area contributed by atoms with Gasteiger partial charge in [0, 0.05) is 27.8 Å². The van der Waals surface area contributed by atoms with Crippen molar-refractivity contribution in [2.75, 3.05) is 26.0 Å². The van der Waals surface area contributed by atoms with E-state index in [0.717, 1.165) is 9.13 Å². The number of hydrogen-bond acceptors (Lipinski definition) is 5. The number of hydrogen-bond donors (Lipinski definition) is 2. The molecule has 26 heavy (non-hydrogen) atoms. The summed E-state index contributed by atoms with van der Waals surface area (Å²) in [5.74, 6) is -1.16. The van der Waals surface area contributed by atoms with Crippen LogP contribution in [0.15, 0.2) is 12.1 Å². The largest absolute Gasteiger partial charge is 0.325 e. The van der Waals surface area contributed by atoms with E-state index in [4.69, 9.17) is 0 Å². The van der Waals surface area contributed by atoms with Crippen molar-refractivity contribution in [1.29, 1.82) is 0 Å². The van der Waals surface area contributed by atoms with Gasteiger partial charge in [0.1, 0.15) is 6.04 Å². The van der Waals surface area contributed by atoms with Crippen molar-refractivity contribution in [3.63, 3.8) is 0 Å². The lowest BCUT2D eigenvalue weighted by Crippen LogP contribution is -2.52. The van der Waals surface area contributed by atoms with Crippen LogP contribution < -0.4 is 10.6 Å². The highest BCUT2D eigenvalue weighted by Gasteiger charge is 2.39. The average Bonchev–Trinajstić information content (AvgIpc) is 2.84. The molecule has 2 aliphatic rings. The molecule has 4 amide bonds. The number of nitrogens with zero attached hydrogens (tertiary/aromatic N) is 2. The van der Waals surface area contributed by atoms with Crippen LogP contribution in [0.3, 0.4) is 0 Å². The van der Waals surface area contributed by atoms with Crippen molar-refractivity contribution >= 4 is 51.9 Å². The molecule has 1 aromatic carbocycles. The van der Waals surface area contributed by atoms with Gasteiger partial charge in [-0.15, -0.1) is 0 Å². The maximum atomic E-state index is 12.8. The Morgan fingerprint density at radius 3 is 2.73 bits per heavy atom. The number of rotatable bonds is 4. The molecule has 8 nitrogen and oxygen atoms in total. The maximum Gasteiger partial charge on any atom is 0.255 e. The fourth-order valence-corrected chi connectivity index (χ4v) is 3.97. The zero-order valence-corrected chi connectivity index (χ0v) is 16.6. The van der Waals surface area contributed by atoms with Crippen molar-refractivity contribution in [2.24, 2.45) is 0 Å². The van der Waals surface area contributed by atoms with Crippen LogP contribution in [0.25, 0.3) is 0 Å². The van der Waals surface area contributed by atoms with Crippen molar-refractivity contribution in [3.05, 3.63) is 26.8 Å². The van der Waals surface area contributed by atoms with Gasteiger partial charge in [-0.05, 0) is 60.8 Å². The van der Waals surface area contributed by atoms with E-state index in [1.54, 1.807) is 25.1 Å². The number of halogens is 1. The first-order valence-electron chi connectivity index (χ1n) is 8.18. The highest BCUT2D eigenvalue weighted by atomic mass is 127. The zero-order chi connectivity index (χ0) is 19.0. The summed E-state index contributed by atoms with van der Waals surface area (Å²) in [5, 5.41) is 5.08. The Bertz CT molecular complexity index is 808. The highest BCUT2D eigenvalue weighted by Crippen LogP contribution is 2.33. The van der Waals surface area contributed by atoms with Crippen molar-refractivity contribution in [3.8, 4) is 0 Å². The van der Waals surface area contributed by atoms with E-state index in [9.17, 15) is 19.2 Å². The Labute approximate surface area is 164 Å². The molecule has 0 saturated carbocycles. The predicted octanol–water partition coefficient (Wildman–Crippen LogP) is 0.552. The number of carbonyl (C=O) groups is 4. The molecule has 1 aromatic rings. The molecule has 0 bridgehead atoms. The molecule has 2 heterocycles. The van der Waals surface area contributed by atoms with Gasteiger partial charge in [-0.3, -0.25) is 24.5 Å². The molecule has 0 spiro atoms. The summed E-state index contributed by atoms with van der Waals surface area (Å²) in [6.45, 7) is 0.564. The van der Waals surface area contributed by atoms with Crippen LogP contribution in [-0.4, -0.2) is 60.1 Å². The quantitative estimate of drug-likeness (QED) is 0.495. The summed E-state index contributed by atoms with van der Waals surface area (Å²) in [4.78, 5) is 51.5. The first kappa shape index (κ1) is 18.8. The predicted molar refractivity (Wildman–Crippen MR) is 102 cm³/mol. The zero-order valence-electron chi connectivity index (χ0n) is 14.5. The Morgan fingerprint density at radius 2 is 2.08 bits per heavy atom. The molecule has 2 aliphatic heterocycles. The Hall–Kier alpha value is -2.01. The Kier molecular flexibility index (Phi) is 5.28. The maximum absolute atomic E-state index is 12.8. The van der Waals surface area contributed by atoms with Crippen molar-refractivity contribution in [1.82, 2.24) is 15.1 Å². The van der Waals surface area contributed by atoms with E-state index < -0.39 is 11.9 Å². The molecule has 1 unspecified atom stereocenters. The van der Waals surface area contributed by atoms with Gasteiger partial charge in [-0.1, -0.05) is 0 Å². The molecule has 138 valence electrons. The molecular weight excluding hydrogens is 451 g/mol. The molecule has 0 radical (unpaired) electrons. The molecule has 1 saturated heterocycles. The second-order valence-corrected chi connectivity index (χ2v) is 7.83. The summed E-state index contributed by atoms with van der Waals surface area (Å²) in [5.41, 5.74) is 1.88. The Balaban J connectivity index is 1.81. The van der Waals surface area contributed by atoms with Gasteiger partial charge in [0.15, 0.2) is 0 Å². The number of imide groups is 1. The third-order valence-corrected chi connectivity index (χ3v) is 5.31. The fourth-order valence-electron chi connectivity index (χ4n) is 3.18. The number of amides is 4. The van der Waals surface area contributed by atoms with Crippen LogP contribution in [-0.2, 0) is 20.9 Å². The van der Waals surface area contributed by atoms with Crippen LogP contribution in [0.2, 0.25) is 0 Å². The normalized spacial score (nSPS) is 19.6. The van der Waals surface area contributed by atoms with E-state index in [2.05, 4.69) is 33.2 Å². The lowest BCUT2D eigenvalue weighted by Gasteiger charge is -2.29. The number of nitrogens with one attached hydrogen (secondary N) is 2. The van der Waals surface area contributed by atoms with Gasteiger partial charge in [0.2, 0.25) is 17.7 Å². The van der Waals surface area contributed by atoms with Crippen LogP contribution in [0.5, 0.6) is 0 Å². The van der Waals surface area contributed by atoms with Crippen LogP contribution >= 0.6 is 22.6 Å². The number of anilines is 1. The fraction of sp³-hybridized carbons (Fsp3) is 0.412. The summed E-state index contributed by atoms with van der Waals surface area (Å²) in [6.07, 6.45) is 0.548. The summed E-state index contributed by atoms with van der Waals surface area (Å²) in [7, 11) is 3.60. The standard InChI is InChI=1S/C17H19IN4O4/c1-21(2)8-15(24)19-9-5-10-11(12(18)6-9)7-22(17(10)26)13-3-4-14(23)20-16(13)25/h5-6,13H,3-4,7-8H2,1-2H3,(H,19,24)(H,20,23,25). The third-order valence-electron chi connectivity index (χ3n) is 4.35. The van der Waals surface area contributed by atoms with E-state index in [1.807, 2.05) is 6.07 Å². The van der Waals surface area contributed by atoms with E-state index >= 15 is 0 Å². The van der Waals surface area contributed by atoms with Gasteiger partial charge in [-0.25, -0.2) is 0 Å². The minimum Gasteiger partial charge on any atom is -0.325 e. The van der Waals surface area contributed by atoms with E-state index in [1.165, 1.54) is 4.90 Å². The number of likely N-dealkylation sites (N-methyl/N-ethyl adjacent to an activating group) is 1. The number of piperidine rings is 1. The lowest BCUT2D eigenvalue weighted by atomic mass is 10.0. The monoisotopic (exact) mass is 470 g/mol. The number of fused-ring (bicyclic) bond motifs is 1. The minimum atomic E-state index is -0.643. The first-order valence-corrected chi connectivity index (χ1v) is 9.26. The molecule has 1 atom stereocenters. The average molecular weight is 470 g/mol. The third kappa shape index (κ3) is 3.73. The van der Waals surface area contributed by atoms with E-state index in [-0.39, 0.29) is 30.7 Å².